The van der Waals surface area contributed by atoms with E-state index in [1.54, 1.807) is 13.8 Å². The van der Waals surface area contributed by atoms with Crippen LogP contribution in [0.25, 0.3) is 0 Å². The molecule has 0 aliphatic heterocycles. The molecular formula is C27H35NO7. The predicted octanol–water partition coefficient (Wildman–Crippen LogP) is 4.96. The number of ketones is 1. The van der Waals surface area contributed by atoms with Crippen LogP contribution < -0.4 is 14.2 Å². The lowest BCUT2D eigenvalue weighted by molar-refractivity contribution is -0.160. The number of nitrogens with zero attached hydrogens (tertiary/aromatic N) is 1. The average Bonchev–Trinajstić information content (AvgIpc) is 2.77. The average molecular weight is 486 g/mol. The van der Waals surface area contributed by atoms with Gasteiger partial charge in [-0.05, 0) is 26.0 Å². The molecule has 1 heterocycles. The molecule has 0 fully saturated rings. The van der Waals surface area contributed by atoms with Crippen molar-refractivity contribution in [3.63, 3.8) is 0 Å². The maximum Gasteiger partial charge on any atom is 0.309 e. The predicted molar refractivity (Wildman–Crippen MR) is 131 cm³/mol. The quantitative estimate of drug-likeness (QED) is 0.344. The molecule has 2 aromatic rings. The number of aryl methyl sites for hydroxylation is 1. The molecule has 35 heavy (non-hydrogen) atoms. The Morgan fingerprint density at radius 3 is 2.20 bits per heavy atom. The number of rotatable bonds is 10. The Labute approximate surface area is 206 Å². The maximum absolute atomic E-state index is 12.9. The summed E-state index contributed by atoms with van der Waals surface area (Å²) in [4.78, 5) is 41.4. The number of carbonyl (C=O) groups excluding carboxylic acids is 3. The van der Waals surface area contributed by atoms with Crippen LogP contribution in [0.5, 0.6) is 17.2 Å². The minimum atomic E-state index is -0.761. The van der Waals surface area contributed by atoms with Gasteiger partial charge < -0.3 is 18.9 Å². The van der Waals surface area contributed by atoms with Crippen LogP contribution in [0.3, 0.4) is 0 Å². The fraction of sp³-hybridized carbons (Fsp3) is 0.481. The number of Topliss-reactive ketones (excluding diaryl/α,β-unsaturated/α-hetero) is 1. The number of methoxy groups -OCH3 is 1. The molecule has 0 saturated heterocycles. The van der Waals surface area contributed by atoms with Gasteiger partial charge in [0, 0.05) is 31.0 Å². The van der Waals surface area contributed by atoms with Gasteiger partial charge in [0.2, 0.25) is 5.75 Å². The molecule has 0 aliphatic rings. The van der Waals surface area contributed by atoms with Crippen LogP contribution in [0.2, 0.25) is 0 Å². The number of aromatic nitrogens is 1. The maximum atomic E-state index is 12.9. The second-order valence-electron chi connectivity index (χ2n) is 9.67. The van der Waals surface area contributed by atoms with E-state index in [-0.39, 0.29) is 29.0 Å². The first kappa shape index (κ1) is 27.8. The smallest absolute Gasteiger partial charge is 0.309 e. The van der Waals surface area contributed by atoms with E-state index < -0.39 is 35.8 Å². The Hall–Kier alpha value is -3.42. The molecule has 0 amide bonds. The molecule has 2 rings (SSSR count). The highest BCUT2D eigenvalue weighted by molar-refractivity contribution is 5.99. The fourth-order valence-corrected chi connectivity index (χ4v) is 3.59. The summed E-state index contributed by atoms with van der Waals surface area (Å²) in [6.45, 7) is 12.6. The monoisotopic (exact) mass is 485 g/mol. The zero-order valence-corrected chi connectivity index (χ0v) is 21.7. The van der Waals surface area contributed by atoms with Crippen molar-refractivity contribution < 1.29 is 33.3 Å². The van der Waals surface area contributed by atoms with E-state index in [0.717, 1.165) is 5.56 Å². The standard InChI is InChI=1S/C27H35NO7/c1-16-9-11-20(12-10-16)35-25(27(5,6)7)18(3)33-26(31)17(2)15-21(30)23-24(34-19(4)29)22(32-8)13-14-28-23/h9-14,17-18,25H,15H2,1-8H3/t17-,18+,25+/m1/s1. The van der Waals surface area contributed by atoms with Gasteiger partial charge in [0.15, 0.2) is 17.2 Å². The third-order valence-corrected chi connectivity index (χ3v) is 5.36. The highest BCUT2D eigenvalue weighted by Crippen LogP contribution is 2.32. The molecule has 0 N–H and O–H groups in total. The summed E-state index contributed by atoms with van der Waals surface area (Å²) in [7, 11) is 1.39. The number of hydrogen-bond donors (Lipinski definition) is 0. The Bertz CT molecular complexity index is 1040. The van der Waals surface area contributed by atoms with Crippen LogP contribution in [0.1, 0.15) is 64.0 Å². The molecule has 0 saturated carbocycles. The van der Waals surface area contributed by atoms with Gasteiger partial charge in [-0.1, -0.05) is 45.4 Å². The second kappa shape index (κ2) is 11.8. The van der Waals surface area contributed by atoms with Crippen molar-refractivity contribution in [2.45, 2.75) is 67.1 Å². The fourth-order valence-electron chi connectivity index (χ4n) is 3.59. The van der Waals surface area contributed by atoms with Crippen LogP contribution in [0.15, 0.2) is 36.5 Å². The lowest BCUT2D eigenvalue weighted by atomic mass is 9.86. The Morgan fingerprint density at radius 2 is 1.66 bits per heavy atom. The zero-order chi connectivity index (χ0) is 26.3. The summed E-state index contributed by atoms with van der Waals surface area (Å²) >= 11 is 0. The number of esters is 2. The highest BCUT2D eigenvalue weighted by Gasteiger charge is 2.35. The summed E-state index contributed by atoms with van der Waals surface area (Å²) in [5, 5.41) is 0. The molecule has 1 aromatic carbocycles. The summed E-state index contributed by atoms with van der Waals surface area (Å²) in [5.74, 6) is -1.57. The molecular weight excluding hydrogens is 450 g/mol. The molecule has 190 valence electrons. The van der Waals surface area contributed by atoms with E-state index in [1.165, 1.54) is 26.3 Å². The normalized spacial score (nSPS) is 13.8. The number of carbonyl (C=O) groups is 3. The highest BCUT2D eigenvalue weighted by atomic mass is 16.6. The molecule has 3 atom stereocenters. The van der Waals surface area contributed by atoms with Crippen LogP contribution in [-0.2, 0) is 14.3 Å². The van der Waals surface area contributed by atoms with E-state index in [1.807, 2.05) is 52.0 Å². The SMILES string of the molecule is COc1ccnc(C(=O)C[C@@H](C)C(=O)O[C@@H](C)[C@H](Oc2ccc(C)cc2)C(C)(C)C)c1OC(C)=O. The van der Waals surface area contributed by atoms with E-state index in [9.17, 15) is 14.4 Å². The lowest BCUT2D eigenvalue weighted by Gasteiger charge is -2.35. The summed E-state index contributed by atoms with van der Waals surface area (Å²) in [5.41, 5.74) is 0.708. The largest absolute Gasteiger partial charge is 0.493 e. The third-order valence-electron chi connectivity index (χ3n) is 5.36. The van der Waals surface area contributed by atoms with Crippen LogP contribution in [-0.4, -0.2) is 42.0 Å². The van der Waals surface area contributed by atoms with E-state index in [2.05, 4.69) is 4.98 Å². The molecule has 0 radical (unpaired) electrons. The topological polar surface area (TPSA) is 101 Å². The van der Waals surface area contributed by atoms with E-state index in [4.69, 9.17) is 18.9 Å². The van der Waals surface area contributed by atoms with Gasteiger partial charge in [0.25, 0.3) is 0 Å². The van der Waals surface area contributed by atoms with Crippen molar-refractivity contribution in [3.05, 3.63) is 47.8 Å². The molecule has 1 aromatic heterocycles. The number of ether oxygens (including phenoxy) is 4. The Kier molecular flexibility index (Phi) is 9.40. The molecule has 8 heteroatoms. The van der Waals surface area contributed by atoms with Crippen LogP contribution in [0, 0.1) is 18.3 Å². The van der Waals surface area contributed by atoms with Gasteiger partial charge in [-0.3, -0.25) is 14.4 Å². The minimum absolute atomic E-state index is 0.0688. The first-order valence-corrected chi connectivity index (χ1v) is 11.5. The van der Waals surface area contributed by atoms with Gasteiger partial charge in [0.1, 0.15) is 18.0 Å². The van der Waals surface area contributed by atoms with Gasteiger partial charge in [-0.25, -0.2) is 4.98 Å². The third kappa shape index (κ3) is 7.80. The van der Waals surface area contributed by atoms with Gasteiger partial charge in [-0.15, -0.1) is 0 Å². The summed E-state index contributed by atoms with van der Waals surface area (Å²) in [6, 6.07) is 9.15. The molecule has 0 bridgehead atoms. The summed E-state index contributed by atoms with van der Waals surface area (Å²) < 4.78 is 22.2. The minimum Gasteiger partial charge on any atom is -0.493 e. The van der Waals surface area contributed by atoms with E-state index in [0.29, 0.717) is 5.75 Å². The van der Waals surface area contributed by atoms with Crippen molar-refractivity contribution in [3.8, 4) is 17.2 Å². The zero-order valence-electron chi connectivity index (χ0n) is 21.7. The molecule has 0 aliphatic carbocycles. The van der Waals surface area contributed by atoms with Crippen LogP contribution in [0.4, 0.5) is 0 Å². The molecule has 0 spiro atoms. The van der Waals surface area contributed by atoms with Crippen molar-refractivity contribution in [1.29, 1.82) is 0 Å². The first-order chi connectivity index (χ1) is 16.3. The van der Waals surface area contributed by atoms with Gasteiger partial charge in [0.05, 0.1) is 13.0 Å². The second-order valence-corrected chi connectivity index (χ2v) is 9.67. The van der Waals surface area contributed by atoms with Crippen molar-refractivity contribution in [1.82, 2.24) is 4.98 Å². The molecule has 0 unspecified atom stereocenters. The van der Waals surface area contributed by atoms with Gasteiger partial charge in [-0.2, -0.15) is 0 Å². The number of hydrogen-bond acceptors (Lipinski definition) is 8. The lowest BCUT2D eigenvalue weighted by Crippen LogP contribution is -2.44. The van der Waals surface area contributed by atoms with E-state index >= 15 is 0 Å². The Morgan fingerprint density at radius 1 is 1.03 bits per heavy atom. The first-order valence-electron chi connectivity index (χ1n) is 11.5. The molecule has 8 nitrogen and oxygen atoms in total. The number of pyridine rings is 1. The van der Waals surface area contributed by atoms with Crippen molar-refractivity contribution in [2.75, 3.05) is 7.11 Å². The number of benzene rings is 1. The summed E-state index contributed by atoms with van der Waals surface area (Å²) in [6.07, 6.45) is 0.194. The van der Waals surface area contributed by atoms with Crippen molar-refractivity contribution in [2.24, 2.45) is 11.3 Å². The van der Waals surface area contributed by atoms with Crippen LogP contribution >= 0.6 is 0 Å². The van der Waals surface area contributed by atoms with Gasteiger partial charge >= 0.3 is 11.9 Å². The Balaban J connectivity index is 2.12. The van der Waals surface area contributed by atoms with Crippen molar-refractivity contribution >= 4 is 17.7 Å².